The monoisotopic (exact) mass is 365 g/mol. The molecule has 0 spiro atoms. The summed E-state index contributed by atoms with van der Waals surface area (Å²) in [5.41, 5.74) is 8.20. The topological polar surface area (TPSA) is 131 Å². The number of unbranched alkanes of at least 4 members (excludes halogenated alkanes) is 1. The molecule has 5 N–H and O–H groups in total. The largest absolute Gasteiger partial charge is 0.480 e. The van der Waals surface area contributed by atoms with Gasteiger partial charge < -0.3 is 21.0 Å². The number of nitrogens with one attached hydrogen (secondary N) is 2. The summed E-state index contributed by atoms with van der Waals surface area (Å²) < 4.78 is 0. The van der Waals surface area contributed by atoms with E-state index in [0.717, 1.165) is 0 Å². The van der Waals surface area contributed by atoms with Gasteiger partial charge in [0.05, 0.1) is 5.56 Å². The number of hydrogen-bond acceptors (Lipinski definition) is 6. The molecule has 2 atom stereocenters. The van der Waals surface area contributed by atoms with Crippen molar-refractivity contribution < 1.29 is 24.3 Å². The second-order valence-corrected chi connectivity index (χ2v) is 6.28. The third-order valence-electron chi connectivity index (χ3n) is 3.80. The van der Waals surface area contributed by atoms with Crippen molar-refractivity contribution in [2.75, 3.05) is 6.54 Å². The van der Waals surface area contributed by atoms with Crippen molar-refractivity contribution in [3.8, 4) is 0 Å². The normalized spacial score (nSPS) is 13.1. The number of rotatable bonds is 11. The molecule has 1 amide bonds. The van der Waals surface area contributed by atoms with Crippen LogP contribution in [-0.4, -0.2) is 41.6 Å². The molecule has 144 valence electrons. The van der Waals surface area contributed by atoms with Crippen LogP contribution in [0.15, 0.2) is 30.3 Å². The lowest BCUT2D eigenvalue weighted by Crippen LogP contribution is -2.52. The van der Waals surface area contributed by atoms with E-state index >= 15 is 0 Å². The molecule has 8 heteroatoms. The van der Waals surface area contributed by atoms with Gasteiger partial charge in [-0.3, -0.25) is 4.79 Å². The highest BCUT2D eigenvalue weighted by Gasteiger charge is 2.28. The molecule has 0 fully saturated rings. The highest BCUT2D eigenvalue weighted by atomic mass is 16.7. The predicted octanol–water partition coefficient (Wildman–Crippen LogP) is 1.07. The van der Waals surface area contributed by atoms with E-state index in [1.54, 1.807) is 44.2 Å². The highest BCUT2D eigenvalue weighted by molar-refractivity contribution is 5.90. The average molecular weight is 365 g/mol. The molecule has 1 aromatic carbocycles. The zero-order chi connectivity index (χ0) is 19.5. The minimum Gasteiger partial charge on any atom is -0.480 e. The van der Waals surface area contributed by atoms with E-state index < -0.39 is 29.9 Å². The molecule has 0 saturated heterocycles. The quantitative estimate of drug-likeness (QED) is 0.341. The van der Waals surface area contributed by atoms with E-state index in [-0.39, 0.29) is 12.3 Å². The fourth-order valence-corrected chi connectivity index (χ4v) is 2.25. The van der Waals surface area contributed by atoms with E-state index in [1.807, 2.05) is 0 Å². The lowest BCUT2D eigenvalue weighted by molar-refractivity contribution is -0.143. The van der Waals surface area contributed by atoms with Gasteiger partial charge >= 0.3 is 11.9 Å². The number of nitrogens with two attached hydrogens (primary N) is 1. The number of carboxylic acid groups (broad SMARTS) is 1. The third kappa shape index (κ3) is 7.20. The van der Waals surface area contributed by atoms with Gasteiger partial charge in [0.25, 0.3) is 0 Å². The molecule has 1 rings (SSSR count). The van der Waals surface area contributed by atoms with Crippen molar-refractivity contribution in [2.45, 2.75) is 45.2 Å². The van der Waals surface area contributed by atoms with Gasteiger partial charge in [-0.25, -0.2) is 9.59 Å². The van der Waals surface area contributed by atoms with Gasteiger partial charge in [-0.05, 0) is 43.9 Å². The van der Waals surface area contributed by atoms with Gasteiger partial charge in [0, 0.05) is 0 Å². The number of hydrogen-bond donors (Lipinski definition) is 4. The maximum absolute atomic E-state index is 12.4. The molecule has 8 nitrogen and oxygen atoms in total. The maximum Gasteiger partial charge on any atom is 0.356 e. The molecule has 0 saturated carbocycles. The summed E-state index contributed by atoms with van der Waals surface area (Å²) >= 11 is 0. The van der Waals surface area contributed by atoms with Crippen molar-refractivity contribution in [2.24, 2.45) is 11.7 Å². The van der Waals surface area contributed by atoms with Crippen molar-refractivity contribution in [3.05, 3.63) is 35.9 Å². The number of amides is 1. The maximum atomic E-state index is 12.4. The molecule has 0 aliphatic rings. The lowest BCUT2D eigenvalue weighted by atomic mass is 10.0. The van der Waals surface area contributed by atoms with Gasteiger partial charge in [-0.2, -0.15) is 0 Å². The molecule has 0 radical (unpaired) electrons. The van der Waals surface area contributed by atoms with Crippen molar-refractivity contribution in [1.82, 2.24) is 10.8 Å². The Bertz CT molecular complexity index is 592. The molecule has 26 heavy (non-hydrogen) atoms. The fourth-order valence-electron chi connectivity index (χ4n) is 2.25. The molecule has 0 bridgehead atoms. The first-order valence-corrected chi connectivity index (χ1v) is 8.61. The molecular weight excluding hydrogens is 338 g/mol. The Kier molecular flexibility index (Phi) is 9.32. The van der Waals surface area contributed by atoms with Gasteiger partial charge in [0.15, 0.2) is 0 Å². The van der Waals surface area contributed by atoms with E-state index in [1.165, 1.54) is 0 Å². The Hall–Kier alpha value is -2.45. The average Bonchev–Trinajstić information content (AvgIpc) is 2.61. The second kappa shape index (κ2) is 11.2. The van der Waals surface area contributed by atoms with Crippen LogP contribution < -0.4 is 16.5 Å². The third-order valence-corrected chi connectivity index (χ3v) is 3.80. The van der Waals surface area contributed by atoms with Crippen molar-refractivity contribution in [1.29, 1.82) is 0 Å². The van der Waals surface area contributed by atoms with Crippen LogP contribution in [0.25, 0.3) is 0 Å². The van der Waals surface area contributed by atoms with E-state index in [9.17, 15) is 19.5 Å². The van der Waals surface area contributed by atoms with Gasteiger partial charge in [-0.1, -0.05) is 32.0 Å². The number of benzene rings is 1. The number of carbonyl (C=O) groups is 3. The summed E-state index contributed by atoms with van der Waals surface area (Å²) in [6.45, 7) is 3.99. The number of hydroxylamine groups is 1. The van der Waals surface area contributed by atoms with Crippen LogP contribution in [0.5, 0.6) is 0 Å². The zero-order valence-corrected chi connectivity index (χ0v) is 15.1. The number of aliphatic carboxylic acids is 1. The Morgan fingerprint density at radius 2 is 1.81 bits per heavy atom. The van der Waals surface area contributed by atoms with Crippen LogP contribution in [-0.2, 0) is 14.4 Å². The van der Waals surface area contributed by atoms with Gasteiger partial charge in [0.2, 0.25) is 5.91 Å². The van der Waals surface area contributed by atoms with Crippen LogP contribution in [0.3, 0.4) is 0 Å². The van der Waals surface area contributed by atoms with Gasteiger partial charge in [0.1, 0.15) is 12.1 Å². The minimum atomic E-state index is -1.11. The lowest BCUT2D eigenvalue weighted by Gasteiger charge is -2.23. The summed E-state index contributed by atoms with van der Waals surface area (Å²) in [6, 6.07) is 6.45. The fraction of sp³-hybridized carbons (Fsp3) is 0.500. The number of carbonyl (C=O) groups excluding carboxylic acids is 2. The molecular formula is C18H27N3O5. The Balaban J connectivity index is 2.65. The van der Waals surface area contributed by atoms with E-state index in [4.69, 9.17) is 10.6 Å². The molecule has 1 aromatic rings. The highest BCUT2D eigenvalue weighted by Crippen LogP contribution is 2.07. The summed E-state index contributed by atoms with van der Waals surface area (Å²) in [4.78, 5) is 40.7. The van der Waals surface area contributed by atoms with Crippen LogP contribution in [0.4, 0.5) is 0 Å². The standard InChI is InChI=1S/C18H27N3O5/c1-12(2)15(21-26-18(25)13-8-4-3-5-9-13)16(22)20-14(17(23)24)10-6-7-11-19/h3-5,8-9,12,14-15,21H,6-7,10-11,19H2,1-2H3,(H,20,22)(H,23,24)/t14-,15-/m0/s1. The summed E-state index contributed by atoms with van der Waals surface area (Å²) in [5.74, 6) is -2.50. The SMILES string of the molecule is CC(C)[C@H](NOC(=O)c1ccccc1)C(=O)N[C@@H](CCCCN)C(=O)O. The summed E-state index contributed by atoms with van der Waals surface area (Å²) in [6.07, 6.45) is 1.56. The van der Waals surface area contributed by atoms with E-state index in [0.29, 0.717) is 24.9 Å². The molecule has 0 heterocycles. The molecule has 0 aromatic heterocycles. The molecule has 0 unspecified atom stereocenters. The minimum absolute atomic E-state index is 0.225. The van der Waals surface area contributed by atoms with Crippen molar-refractivity contribution in [3.63, 3.8) is 0 Å². The first-order valence-electron chi connectivity index (χ1n) is 8.61. The number of carboxylic acids is 1. The zero-order valence-electron chi connectivity index (χ0n) is 15.1. The van der Waals surface area contributed by atoms with Crippen molar-refractivity contribution >= 4 is 17.8 Å². The summed E-state index contributed by atoms with van der Waals surface area (Å²) in [5, 5.41) is 11.7. The predicted molar refractivity (Wildman–Crippen MR) is 96.1 cm³/mol. The van der Waals surface area contributed by atoms with Crippen LogP contribution >= 0.6 is 0 Å². The Morgan fingerprint density at radius 3 is 2.35 bits per heavy atom. The van der Waals surface area contributed by atoms with Gasteiger partial charge in [-0.15, -0.1) is 5.48 Å². The first-order chi connectivity index (χ1) is 12.4. The van der Waals surface area contributed by atoms with E-state index in [2.05, 4.69) is 10.8 Å². The second-order valence-electron chi connectivity index (χ2n) is 6.28. The van der Waals surface area contributed by atoms with Crippen LogP contribution in [0.1, 0.15) is 43.5 Å². The molecule has 0 aliphatic carbocycles. The Labute approximate surface area is 153 Å². The smallest absolute Gasteiger partial charge is 0.356 e. The van der Waals surface area contributed by atoms with Crippen LogP contribution in [0.2, 0.25) is 0 Å². The molecule has 0 aliphatic heterocycles. The Morgan fingerprint density at radius 1 is 1.15 bits per heavy atom. The summed E-state index contributed by atoms with van der Waals surface area (Å²) in [7, 11) is 0. The first kappa shape index (κ1) is 21.6. The van der Waals surface area contributed by atoms with Crippen LogP contribution in [0, 0.1) is 5.92 Å².